The summed E-state index contributed by atoms with van der Waals surface area (Å²) in [6.45, 7) is 0. The van der Waals surface area contributed by atoms with Crippen LogP contribution in [0.3, 0.4) is 0 Å². The molecule has 30 heavy (non-hydrogen) atoms. The molecule has 2 fully saturated rings. The predicted octanol–water partition coefficient (Wildman–Crippen LogP) is 3.79. The van der Waals surface area contributed by atoms with E-state index in [-0.39, 0.29) is 18.1 Å². The summed E-state index contributed by atoms with van der Waals surface area (Å²) in [5.41, 5.74) is 0.792. The maximum atomic E-state index is 11.5. The zero-order chi connectivity index (χ0) is 20.7. The first kappa shape index (κ1) is 18.6. The number of piperidine rings is 1. The zero-order valence-electron chi connectivity index (χ0n) is 15.9. The van der Waals surface area contributed by atoms with Gasteiger partial charge in [-0.05, 0) is 37.8 Å². The van der Waals surface area contributed by atoms with Crippen LogP contribution < -0.4 is 10.6 Å². The standard InChI is InChI=1S/C20H19N7O2S/c21-9-14-10-23-19(30-14)26-17-8-16-15(2-1-5-22-16)18(25-17)24-11-6-12-3-4-13(7-11)27(12)20(28)29/h1-2,5,8,10-13H,3-4,6-7H2,(H,28,29)(H2,23,24,25,26). The van der Waals surface area contributed by atoms with Gasteiger partial charge in [-0.1, -0.05) is 11.3 Å². The second-order valence-corrected chi connectivity index (χ2v) is 8.61. The molecule has 2 atom stereocenters. The minimum Gasteiger partial charge on any atom is -0.465 e. The van der Waals surface area contributed by atoms with Gasteiger partial charge < -0.3 is 20.6 Å². The molecule has 2 unspecified atom stereocenters. The van der Waals surface area contributed by atoms with E-state index in [0.717, 1.165) is 36.6 Å². The molecule has 0 aliphatic carbocycles. The maximum Gasteiger partial charge on any atom is 0.407 e. The molecule has 2 aliphatic heterocycles. The van der Waals surface area contributed by atoms with E-state index in [4.69, 9.17) is 10.2 Å². The van der Waals surface area contributed by atoms with Gasteiger partial charge in [0, 0.05) is 35.8 Å². The monoisotopic (exact) mass is 421 g/mol. The molecule has 0 saturated carbocycles. The lowest BCUT2D eigenvalue weighted by molar-refractivity contribution is 0.0994. The number of nitrogens with zero attached hydrogens (tertiary/aromatic N) is 5. The van der Waals surface area contributed by atoms with E-state index in [9.17, 15) is 9.90 Å². The molecule has 3 N–H and O–H groups in total. The third-order valence-electron chi connectivity index (χ3n) is 5.75. The minimum absolute atomic E-state index is 0.0594. The number of thiazole rings is 1. The van der Waals surface area contributed by atoms with Crippen molar-refractivity contribution in [2.45, 2.75) is 43.8 Å². The number of nitriles is 1. The second-order valence-electron chi connectivity index (χ2n) is 7.58. The Labute approximate surface area is 176 Å². The molecule has 2 aliphatic rings. The molecule has 0 spiro atoms. The van der Waals surface area contributed by atoms with Gasteiger partial charge in [0.25, 0.3) is 0 Å². The van der Waals surface area contributed by atoms with Crippen LogP contribution in [-0.2, 0) is 0 Å². The van der Waals surface area contributed by atoms with Gasteiger partial charge in [0.2, 0.25) is 0 Å². The lowest BCUT2D eigenvalue weighted by Gasteiger charge is -2.37. The third-order valence-corrected chi connectivity index (χ3v) is 6.56. The fraction of sp³-hybridized carbons (Fsp3) is 0.350. The topological polar surface area (TPSA) is 127 Å². The van der Waals surface area contributed by atoms with Crippen LogP contribution in [0.2, 0.25) is 0 Å². The summed E-state index contributed by atoms with van der Waals surface area (Å²) < 4.78 is 0. The van der Waals surface area contributed by atoms with Crippen LogP contribution in [0.25, 0.3) is 10.9 Å². The molecule has 5 heterocycles. The highest BCUT2D eigenvalue weighted by molar-refractivity contribution is 7.16. The van der Waals surface area contributed by atoms with Gasteiger partial charge >= 0.3 is 6.09 Å². The van der Waals surface area contributed by atoms with Crippen LogP contribution in [0.1, 0.15) is 30.6 Å². The number of pyridine rings is 2. The van der Waals surface area contributed by atoms with Gasteiger partial charge in [-0.15, -0.1) is 0 Å². The molecule has 9 nitrogen and oxygen atoms in total. The molecule has 5 rings (SSSR count). The molecule has 2 bridgehead atoms. The van der Waals surface area contributed by atoms with Crippen molar-refractivity contribution in [3.8, 4) is 6.07 Å². The Morgan fingerprint density at radius 3 is 2.80 bits per heavy atom. The molecule has 10 heteroatoms. The van der Waals surface area contributed by atoms with Crippen LogP contribution in [0.5, 0.6) is 0 Å². The molecular formula is C20H19N7O2S. The highest BCUT2D eigenvalue weighted by Gasteiger charge is 2.43. The summed E-state index contributed by atoms with van der Waals surface area (Å²) in [5, 5.41) is 26.7. The molecule has 3 aromatic rings. The van der Waals surface area contributed by atoms with Crippen molar-refractivity contribution in [3.05, 3.63) is 35.5 Å². The van der Waals surface area contributed by atoms with Crippen molar-refractivity contribution >= 4 is 45.1 Å². The lowest BCUT2D eigenvalue weighted by atomic mass is 9.97. The Balaban J connectivity index is 1.42. The number of rotatable bonds is 4. The Bertz CT molecular complexity index is 1140. The summed E-state index contributed by atoms with van der Waals surface area (Å²) in [5.74, 6) is 1.31. The summed E-state index contributed by atoms with van der Waals surface area (Å²) in [6, 6.07) is 8.04. The summed E-state index contributed by atoms with van der Waals surface area (Å²) in [4.78, 5) is 27.1. The number of hydrogen-bond acceptors (Lipinski definition) is 8. The van der Waals surface area contributed by atoms with Crippen LogP contribution >= 0.6 is 11.3 Å². The van der Waals surface area contributed by atoms with E-state index in [1.807, 2.05) is 18.2 Å². The molecule has 0 radical (unpaired) electrons. The van der Waals surface area contributed by atoms with Crippen molar-refractivity contribution in [1.29, 1.82) is 5.26 Å². The Morgan fingerprint density at radius 2 is 2.10 bits per heavy atom. The zero-order valence-corrected chi connectivity index (χ0v) is 16.8. The Morgan fingerprint density at radius 1 is 1.30 bits per heavy atom. The smallest absolute Gasteiger partial charge is 0.407 e. The second kappa shape index (κ2) is 7.42. The predicted molar refractivity (Wildman–Crippen MR) is 113 cm³/mol. The number of carbonyl (C=O) groups is 1. The van der Waals surface area contributed by atoms with E-state index in [2.05, 4.69) is 26.7 Å². The van der Waals surface area contributed by atoms with Gasteiger partial charge in [-0.2, -0.15) is 5.26 Å². The van der Waals surface area contributed by atoms with Crippen molar-refractivity contribution in [1.82, 2.24) is 19.9 Å². The quantitative estimate of drug-likeness (QED) is 0.581. The number of amides is 1. The number of nitrogens with one attached hydrogen (secondary N) is 2. The first-order valence-corrected chi connectivity index (χ1v) is 10.6. The van der Waals surface area contributed by atoms with E-state index in [1.165, 1.54) is 17.5 Å². The van der Waals surface area contributed by atoms with Gasteiger partial charge in [0.05, 0.1) is 11.7 Å². The number of anilines is 3. The van der Waals surface area contributed by atoms with Crippen LogP contribution in [-0.4, -0.2) is 49.2 Å². The molecular weight excluding hydrogens is 402 g/mol. The average Bonchev–Trinajstić information content (AvgIpc) is 3.30. The van der Waals surface area contributed by atoms with E-state index in [0.29, 0.717) is 21.6 Å². The van der Waals surface area contributed by atoms with Crippen molar-refractivity contribution in [2.24, 2.45) is 0 Å². The first-order valence-electron chi connectivity index (χ1n) is 9.77. The molecule has 0 aromatic carbocycles. The molecule has 3 aromatic heterocycles. The largest absolute Gasteiger partial charge is 0.465 e. The Hall–Kier alpha value is -3.45. The number of aromatic nitrogens is 3. The molecule has 1 amide bonds. The van der Waals surface area contributed by atoms with Crippen molar-refractivity contribution in [2.75, 3.05) is 10.6 Å². The highest BCUT2D eigenvalue weighted by atomic mass is 32.1. The van der Waals surface area contributed by atoms with E-state index >= 15 is 0 Å². The average molecular weight is 421 g/mol. The van der Waals surface area contributed by atoms with Gasteiger partial charge in [0.15, 0.2) is 5.13 Å². The molecule has 152 valence electrons. The highest BCUT2D eigenvalue weighted by Crippen LogP contribution is 2.37. The molecule has 2 saturated heterocycles. The fourth-order valence-electron chi connectivity index (χ4n) is 4.54. The number of hydrogen-bond donors (Lipinski definition) is 3. The maximum absolute atomic E-state index is 11.5. The van der Waals surface area contributed by atoms with Crippen LogP contribution in [0, 0.1) is 11.3 Å². The normalized spacial score (nSPS) is 22.6. The summed E-state index contributed by atoms with van der Waals surface area (Å²) >= 11 is 1.26. The number of fused-ring (bicyclic) bond motifs is 3. The van der Waals surface area contributed by atoms with Crippen LogP contribution in [0.4, 0.5) is 21.6 Å². The van der Waals surface area contributed by atoms with Crippen molar-refractivity contribution in [3.63, 3.8) is 0 Å². The van der Waals surface area contributed by atoms with Gasteiger partial charge in [-0.25, -0.2) is 14.8 Å². The summed E-state index contributed by atoms with van der Waals surface area (Å²) in [7, 11) is 0. The third kappa shape index (κ3) is 3.37. The fourth-order valence-corrected chi connectivity index (χ4v) is 5.16. The lowest BCUT2D eigenvalue weighted by Crippen LogP contribution is -2.49. The number of carboxylic acid groups (broad SMARTS) is 1. The summed E-state index contributed by atoms with van der Waals surface area (Å²) in [6.07, 6.45) is 5.80. The Kier molecular flexibility index (Phi) is 4.59. The van der Waals surface area contributed by atoms with E-state index < -0.39 is 6.09 Å². The van der Waals surface area contributed by atoms with Crippen molar-refractivity contribution < 1.29 is 9.90 Å². The van der Waals surface area contributed by atoms with Gasteiger partial charge in [0.1, 0.15) is 22.6 Å². The minimum atomic E-state index is -0.819. The van der Waals surface area contributed by atoms with Crippen LogP contribution in [0.15, 0.2) is 30.6 Å². The first-order chi connectivity index (χ1) is 14.6. The van der Waals surface area contributed by atoms with Gasteiger partial charge in [-0.3, -0.25) is 4.98 Å². The van der Waals surface area contributed by atoms with E-state index in [1.54, 1.807) is 11.1 Å². The SMILES string of the molecule is N#Cc1cnc(Nc2cc3ncccc3c(NC3CC4CCC(C3)N4C(=O)O)n2)s1.